The number of rotatable bonds is 8. The molecule has 0 aliphatic heterocycles. The van der Waals surface area contributed by atoms with Crippen molar-refractivity contribution in [3.05, 3.63) is 70.8 Å². The molecule has 0 atom stereocenters. The summed E-state index contributed by atoms with van der Waals surface area (Å²) < 4.78 is 13.7. The first-order valence-corrected chi connectivity index (χ1v) is 12.2. The van der Waals surface area contributed by atoms with Gasteiger partial charge in [-0.2, -0.15) is 0 Å². The molecule has 0 radical (unpaired) electrons. The number of anilines is 1. The molecule has 1 fully saturated rings. The molecule has 6 nitrogen and oxygen atoms in total. The Hall–Kier alpha value is -3.54. The minimum atomic E-state index is -0.280. The molecular weight excluding hydrogens is 426 g/mol. The van der Waals surface area contributed by atoms with E-state index >= 15 is 0 Å². The number of imidazole rings is 1. The first-order valence-electron chi connectivity index (χ1n) is 12.2. The van der Waals surface area contributed by atoms with Crippen LogP contribution in [0.2, 0.25) is 0 Å². The number of ether oxygens (including phenoxy) is 1. The third-order valence-corrected chi connectivity index (χ3v) is 6.58. The molecule has 2 aromatic heterocycles. The van der Waals surface area contributed by atoms with E-state index in [1.54, 1.807) is 0 Å². The van der Waals surface area contributed by atoms with Gasteiger partial charge in [-0.25, -0.2) is 9.78 Å². The highest BCUT2D eigenvalue weighted by atomic mass is 16.5. The number of aromatic nitrogens is 2. The fraction of sp³-hybridized carbons (Fsp3) is 0.357. The lowest BCUT2D eigenvalue weighted by atomic mass is 10.0. The highest BCUT2D eigenvalue weighted by molar-refractivity contribution is 5.91. The van der Waals surface area contributed by atoms with Crippen LogP contribution in [0.3, 0.4) is 0 Å². The quantitative estimate of drug-likeness (QED) is 0.255. The molecule has 1 aliphatic rings. The molecular formula is C28H31N3O3. The van der Waals surface area contributed by atoms with E-state index in [9.17, 15) is 4.79 Å². The van der Waals surface area contributed by atoms with Gasteiger partial charge in [0.15, 0.2) is 5.69 Å². The van der Waals surface area contributed by atoms with E-state index in [1.807, 2.05) is 37.3 Å². The molecule has 2 heterocycles. The van der Waals surface area contributed by atoms with E-state index in [1.165, 1.54) is 0 Å². The zero-order valence-corrected chi connectivity index (χ0v) is 20.1. The van der Waals surface area contributed by atoms with Crippen LogP contribution in [-0.2, 0) is 24.1 Å². The number of furan rings is 1. The molecule has 0 bridgehead atoms. The SMILES string of the molecule is CCOC(=O)c1c(C2CC2)nc(CC)n1Cc1ccc2oc(-c3ccccc3N)c(CC)c2c1. The summed E-state index contributed by atoms with van der Waals surface area (Å²) in [6.07, 6.45) is 3.74. The predicted molar refractivity (Wildman–Crippen MR) is 134 cm³/mol. The van der Waals surface area contributed by atoms with Gasteiger partial charge in [0, 0.05) is 41.1 Å². The molecule has 4 aromatic rings. The Balaban J connectivity index is 1.59. The van der Waals surface area contributed by atoms with Gasteiger partial charge in [-0.05, 0) is 56.0 Å². The van der Waals surface area contributed by atoms with Crippen molar-refractivity contribution >= 4 is 22.6 Å². The summed E-state index contributed by atoms with van der Waals surface area (Å²) in [7, 11) is 0. The van der Waals surface area contributed by atoms with Crippen LogP contribution in [0.5, 0.6) is 0 Å². The number of carbonyl (C=O) groups is 1. The zero-order valence-electron chi connectivity index (χ0n) is 20.1. The average molecular weight is 458 g/mol. The summed E-state index contributed by atoms with van der Waals surface area (Å²) in [5.41, 5.74) is 12.4. The maximum absolute atomic E-state index is 12.9. The number of nitrogen functional groups attached to an aromatic ring is 1. The maximum Gasteiger partial charge on any atom is 0.356 e. The van der Waals surface area contributed by atoms with E-state index < -0.39 is 0 Å². The van der Waals surface area contributed by atoms with Gasteiger partial charge in [0.2, 0.25) is 0 Å². The number of aryl methyl sites for hydroxylation is 2. The van der Waals surface area contributed by atoms with Crippen molar-refractivity contribution in [3.63, 3.8) is 0 Å². The summed E-state index contributed by atoms with van der Waals surface area (Å²) >= 11 is 0. The van der Waals surface area contributed by atoms with Crippen molar-refractivity contribution in [1.29, 1.82) is 0 Å². The number of hydrogen-bond donors (Lipinski definition) is 1. The lowest BCUT2D eigenvalue weighted by Gasteiger charge is -2.12. The molecule has 0 unspecified atom stereocenters. The summed E-state index contributed by atoms with van der Waals surface area (Å²) in [4.78, 5) is 17.8. The minimum Gasteiger partial charge on any atom is -0.461 e. The van der Waals surface area contributed by atoms with E-state index in [0.717, 1.165) is 70.6 Å². The molecule has 0 saturated heterocycles. The van der Waals surface area contributed by atoms with Gasteiger partial charge < -0.3 is 19.5 Å². The Bertz CT molecular complexity index is 1360. The second kappa shape index (κ2) is 9.01. The van der Waals surface area contributed by atoms with Gasteiger partial charge in [-0.1, -0.05) is 32.0 Å². The Morgan fingerprint density at radius 3 is 2.62 bits per heavy atom. The van der Waals surface area contributed by atoms with Gasteiger partial charge in [-0.15, -0.1) is 0 Å². The van der Waals surface area contributed by atoms with Crippen molar-refractivity contribution in [2.24, 2.45) is 0 Å². The molecule has 6 heteroatoms. The first-order chi connectivity index (χ1) is 16.5. The molecule has 2 N–H and O–H groups in total. The molecule has 1 saturated carbocycles. The normalized spacial score (nSPS) is 13.5. The number of nitrogens with zero attached hydrogens (tertiary/aromatic N) is 2. The lowest BCUT2D eigenvalue weighted by molar-refractivity contribution is 0.0512. The van der Waals surface area contributed by atoms with Gasteiger partial charge >= 0.3 is 5.97 Å². The standard InChI is InChI=1S/C28H31N3O3/c1-4-19-21-15-17(11-14-23(21)34-27(19)20-9-7-8-10-22(20)29)16-31-24(5-2)30-25(18-12-13-18)26(31)28(32)33-6-3/h7-11,14-15,18H,4-6,12-13,16,29H2,1-3H3. The highest BCUT2D eigenvalue weighted by Gasteiger charge is 2.34. The van der Waals surface area contributed by atoms with Gasteiger partial charge in [-0.3, -0.25) is 0 Å². The molecule has 2 aromatic carbocycles. The summed E-state index contributed by atoms with van der Waals surface area (Å²) in [5, 5.41) is 1.08. The van der Waals surface area contributed by atoms with Crippen LogP contribution in [0, 0.1) is 0 Å². The van der Waals surface area contributed by atoms with E-state index in [-0.39, 0.29) is 5.97 Å². The Labute approximate surface area is 199 Å². The van der Waals surface area contributed by atoms with Crippen molar-refractivity contribution in [2.75, 3.05) is 12.3 Å². The highest BCUT2D eigenvalue weighted by Crippen LogP contribution is 2.42. The molecule has 0 amide bonds. The Morgan fingerprint density at radius 2 is 1.94 bits per heavy atom. The number of esters is 1. The van der Waals surface area contributed by atoms with E-state index in [4.69, 9.17) is 19.9 Å². The fourth-order valence-corrected chi connectivity index (χ4v) is 4.76. The van der Waals surface area contributed by atoms with Crippen molar-refractivity contribution in [1.82, 2.24) is 9.55 Å². The average Bonchev–Trinajstić information content (AvgIpc) is 3.53. The number of para-hydroxylation sites is 1. The number of benzene rings is 2. The number of nitrogens with two attached hydrogens (primary N) is 1. The Morgan fingerprint density at radius 1 is 1.15 bits per heavy atom. The van der Waals surface area contributed by atoms with Crippen molar-refractivity contribution < 1.29 is 13.9 Å². The van der Waals surface area contributed by atoms with Crippen molar-refractivity contribution in [2.45, 2.75) is 58.9 Å². The van der Waals surface area contributed by atoms with Crippen molar-refractivity contribution in [3.8, 4) is 11.3 Å². The van der Waals surface area contributed by atoms with Crippen LogP contribution in [0.4, 0.5) is 5.69 Å². The van der Waals surface area contributed by atoms with Gasteiger partial charge in [0.05, 0.1) is 12.3 Å². The minimum absolute atomic E-state index is 0.280. The van der Waals surface area contributed by atoms with Crippen LogP contribution in [0.25, 0.3) is 22.3 Å². The predicted octanol–water partition coefficient (Wildman–Crippen LogP) is 6.11. The third-order valence-electron chi connectivity index (χ3n) is 6.58. The van der Waals surface area contributed by atoms with Crippen LogP contribution < -0.4 is 5.73 Å². The smallest absolute Gasteiger partial charge is 0.356 e. The maximum atomic E-state index is 12.9. The molecule has 1 aliphatic carbocycles. The third kappa shape index (κ3) is 3.87. The first kappa shape index (κ1) is 22.3. The van der Waals surface area contributed by atoms with Crippen LogP contribution in [0.15, 0.2) is 46.9 Å². The Kier molecular flexibility index (Phi) is 5.90. The second-order valence-corrected chi connectivity index (χ2v) is 8.88. The molecule has 5 rings (SSSR count). The number of hydrogen-bond acceptors (Lipinski definition) is 5. The summed E-state index contributed by atoms with van der Waals surface area (Å²) in [5.74, 6) is 1.84. The van der Waals surface area contributed by atoms with Gasteiger partial charge in [0.25, 0.3) is 0 Å². The summed E-state index contributed by atoms with van der Waals surface area (Å²) in [6, 6.07) is 14.0. The molecule has 0 spiro atoms. The van der Waals surface area contributed by atoms with E-state index in [2.05, 4.69) is 30.5 Å². The monoisotopic (exact) mass is 457 g/mol. The zero-order chi connectivity index (χ0) is 23.8. The second-order valence-electron chi connectivity index (χ2n) is 8.88. The van der Waals surface area contributed by atoms with Crippen LogP contribution in [-0.4, -0.2) is 22.1 Å². The lowest BCUT2D eigenvalue weighted by Crippen LogP contribution is -2.16. The summed E-state index contributed by atoms with van der Waals surface area (Å²) in [6.45, 7) is 6.96. The van der Waals surface area contributed by atoms with Crippen LogP contribution >= 0.6 is 0 Å². The fourth-order valence-electron chi connectivity index (χ4n) is 4.76. The number of carbonyl (C=O) groups excluding carboxylic acids is 1. The van der Waals surface area contributed by atoms with Crippen LogP contribution in [0.1, 0.15) is 72.7 Å². The van der Waals surface area contributed by atoms with E-state index in [0.29, 0.717) is 30.5 Å². The molecule has 34 heavy (non-hydrogen) atoms. The molecule has 176 valence electrons. The van der Waals surface area contributed by atoms with Gasteiger partial charge in [0.1, 0.15) is 17.2 Å². The topological polar surface area (TPSA) is 83.3 Å². The largest absolute Gasteiger partial charge is 0.461 e. The number of fused-ring (bicyclic) bond motifs is 1.